The van der Waals surface area contributed by atoms with Crippen molar-refractivity contribution in [2.75, 3.05) is 14.7 Å². The van der Waals surface area contributed by atoms with Crippen LogP contribution in [0, 0.1) is 0 Å². The van der Waals surface area contributed by atoms with Crippen molar-refractivity contribution in [3.8, 4) is 111 Å². The van der Waals surface area contributed by atoms with Gasteiger partial charge in [0.05, 0.1) is 17.1 Å². The molecule has 0 saturated carbocycles. The predicted molar refractivity (Wildman–Crippen MR) is 450 cm³/mol. The number of benzene rings is 17. The molecule has 0 aliphatic carbocycles. The summed E-state index contributed by atoms with van der Waals surface area (Å²) in [6, 6.07) is 157. The van der Waals surface area contributed by atoms with E-state index < -0.39 is 0 Å². The molecule has 19 rings (SSSR count). The van der Waals surface area contributed by atoms with Crippen molar-refractivity contribution in [2.24, 2.45) is 0 Å². The first-order valence-electron chi connectivity index (χ1n) is 36.6. The van der Waals surface area contributed by atoms with E-state index in [-0.39, 0.29) is 6.71 Å². The number of rotatable bonds is 15. The van der Waals surface area contributed by atoms with Gasteiger partial charge in [0, 0.05) is 56.4 Å². The standard InChI is InChI=1S/C102H70BN3/c1-11-31-71(32-12-1)77-51-57-87(58-52-77)104(88-59-53-78(54-60-88)72-33-13-2-14-34-72)89-69-98-100-99(70-89)106(102-92(81-47-27-9-28-48-81)65-86(76-41-21-6-22-42-76)66-93(102)82-49-29-10-30-50-82)97-62-56-84(74-37-17-4-18-38-74)68-95(97)103(100)94-67-83(73-35-15-3-16-36-73)55-61-96(94)105(98)101-90(79-43-23-7-24-44-79)63-85(75-39-19-5-20-40-75)64-91(101)80-45-25-8-26-46-80/h1-70H. The monoisotopic (exact) mass is 1350 g/mol. The van der Waals surface area contributed by atoms with Crippen molar-refractivity contribution < 1.29 is 0 Å². The van der Waals surface area contributed by atoms with E-state index in [4.69, 9.17) is 0 Å². The van der Waals surface area contributed by atoms with Crippen molar-refractivity contribution in [1.29, 1.82) is 0 Å². The molecular formula is C102H70BN3. The third-order valence-electron chi connectivity index (χ3n) is 21.2. The van der Waals surface area contributed by atoms with Crippen LogP contribution in [0.15, 0.2) is 425 Å². The summed E-state index contributed by atoms with van der Waals surface area (Å²) in [6.07, 6.45) is 0. The van der Waals surface area contributed by atoms with E-state index in [0.29, 0.717) is 0 Å². The lowest BCUT2D eigenvalue weighted by Gasteiger charge is -2.46. The molecule has 17 aromatic rings. The van der Waals surface area contributed by atoms with Crippen molar-refractivity contribution in [2.45, 2.75) is 0 Å². The van der Waals surface area contributed by atoms with E-state index in [9.17, 15) is 0 Å². The van der Waals surface area contributed by atoms with Crippen LogP contribution in [0.1, 0.15) is 0 Å². The van der Waals surface area contributed by atoms with Crippen molar-refractivity contribution >= 4 is 74.3 Å². The lowest BCUT2D eigenvalue weighted by atomic mass is 9.33. The number of nitrogens with zero attached hydrogens (tertiary/aromatic N) is 3. The van der Waals surface area contributed by atoms with E-state index in [2.05, 4.69) is 439 Å². The Labute approximate surface area is 620 Å². The van der Waals surface area contributed by atoms with Crippen LogP contribution in [0.25, 0.3) is 111 Å². The third-order valence-corrected chi connectivity index (χ3v) is 21.2. The molecule has 0 spiro atoms. The highest BCUT2D eigenvalue weighted by molar-refractivity contribution is 7.00. The number of anilines is 9. The van der Waals surface area contributed by atoms with E-state index in [1.54, 1.807) is 0 Å². The Morgan fingerprint density at radius 3 is 0.670 bits per heavy atom. The van der Waals surface area contributed by atoms with Gasteiger partial charge in [-0.15, -0.1) is 0 Å². The smallest absolute Gasteiger partial charge is 0.252 e. The molecule has 17 aromatic carbocycles. The van der Waals surface area contributed by atoms with Gasteiger partial charge in [-0.1, -0.05) is 352 Å². The maximum Gasteiger partial charge on any atom is 0.252 e. The molecule has 0 unspecified atom stereocenters. The molecule has 496 valence electrons. The van der Waals surface area contributed by atoms with Crippen LogP contribution < -0.4 is 31.1 Å². The fraction of sp³-hybridized carbons (Fsp3) is 0. The van der Waals surface area contributed by atoms with Crippen LogP contribution in [-0.4, -0.2) is 6.71 Å². The topological polar surface area (TPSA) is 9.72 Å². The van der Waals surface area contributed by atoms with Gasteiger partial charge in [0.1, 0.15) is 0 Å². The molecule has 0 radical (unpaired) electrons. The minimum atomic E-state index is -0.305. The van der Waals surface area contributed by atoms with Crippen LogP contribution in [0.4, 0.5) is 51.2 Å². The van der Waals surface area contributed by atoms with Crippen LogP contribution >= 0.6 is 0 Å². The minimum Gasteiger partial charge on any atom is -0.310 e. The first-order valence-corrected chi connectivity index (χ1v) is 36.6. The molecule has 4 heteroatoms. The zero-order valence-electron chi connectivity index (χ0n) is 58.3. The van der Waals surface area contributed by atoms with Crippen molar-refractivity contribution in [1.82, 2.24) is 0 Å². The summed E-state index contributed by atoms with van der Waals surface area (Å²) in [4.78, 5) is 7.85. The first kappa shape index (κ1) is 63.2. The number of fused-ring (bicyclic) bond motifs is 4. The number of hydrogen-bond donors (Lipinski definition) is 0. The third kappa shape index (κ3) is 11.7. The second-order valence-electron chi connectivity index (χ2n) is 27.5. The van der Waals surface area contributed by atoms with Gasteiger partial charge >= 0.3 is 0 Å². The van der Waals surface area contributed by atoms with Gasteiger partial charge in [0.2, 0.25) is 0 Å². The first-order chi connectivity index (χ1) is 52.6. The summed E-state index contributed by atoms with van der Waals surface area (Å²) in [7, 11) is 0. The second-order valence-corrected chi connectivity index (χ2v) is 27.5. The molecule has 0 atom stereocenters. The van der Waals surface area contributed by atoms with E-state index in [0.717, 1.165) is 162 Å². The molecule has 0 amide bonds. The van der Waals surface area contributed by atoms with Gasteiger partial charge < -0.3 is 14.7 Å². The lowest BCUT2D eigenvalue weighted by molar-refractivity contribution is 1.23. The predicted octanol–water partition coefficient (Wildman–Crippen LogP) is 25.9. The van der Waals surface area contributed by atoms with E-state index >= 15 is 0 Å². The molecule has 3 nitrogen and oxygen atoms in total. The quantitative estimate of drug-likeness (QED) is 0.0947. The largest absolute Gasteiger partial charge is 0.310 e. The highest BCUT2D eigenvalue weighted by Gasteiger charge is 2.46. The molecule has 0 bridgehead atoms. The molecule has 2 aliphatic heterocycles. The average molecular weight is 1350 g/mol. The fourth-order valence-corrected chi connectivity index (χ4v) is 16.2. The Bertz CT molecular complexity index is 5520. The van der Waals surface area contributed by atoms with Gasteiger partial charge in [-0.05, 0) is 178 Å². The molecule has 0 saturated heterocycles. The van der Waals surface area contributed by atoms with Gasteiger partial charge in [-0.2, -0.15) is 0 Å². The number of hydrogen-bond acceptors (Lipinski definition) is 3. The van der Waals surface area contributed by atoms with E-state index in [1.807, 2.05) is 0 Å². The summed E-state index contributed by atoms with van der Waals surface area (Å²) in [5, 5.41) is 0. The van der Waals surface area contributed by atoms with Gasteiger partial charge in [-0.25, -0.2) is 0 Å². The lowest BCUT2D eigenvalue weighted by Crippen LogP contribution is -2.61. The highest BCUT2D eigenvalue weighted by Crippen LogP contribution is 2.56. The van der Waals surface area contributed by atoms with Crippen LogP contribution in [0.2, 0.25) is 0 Å². The molecule has 2 aliphatic rings. The second kappa shape index (κ2) is 27.5. The highest BCUT2D eigenvalue weighted by atomic mass is 15.2. The Morgan fingerprint density at radius 1 is 0.170 bits per heavy atom. The van der Waals surface area contributed by atoms with Gasteiger partial charge in [-0.3, -0.25) is 0 Å². The molecule has 2 heterocycles. The summed E-state index contributed by atoms with van der Waals surface area (Å²) in [5.74, 6) is 0. The molecule has 0 aromatic heterocycles. The van der Waals surface area contributed by atoms with Crippen molar-refractivity contribution in [3.63, 3.8) is 0 Å². The summed E-state index contributed by atoms with van der Waals surface area (Å²) in [6.45, 7) is -0.305. The van der Waals surface area contributed by atoms with Gasteiger partial charge in [0.15, 0.2) is 0 Å². The Kier molecular flexibility index (Phi) is 16.4. The Balaban J connectivity index is 1.00. The minimum absolute atomic E-state index is 0.305. The van der Waals surface area contributed by atoms with Crippen LogP contribution in [0.3, 0.4) is 0 Å². The molecular weight excluding hydrogens is 1280 g/mol. The zero-order chi connectivity index (χ0) is 70.3. The maximum absolute atomic E-state index is 2.68. The maximum atomic E-state index is 2.68. The summed E-state index contributed by atoms with van der Waals surface area (Å²) >= 11 is 0. The Morgan fingerprint density at radius 2 is 0.396 bits per heavy atom. The molecule has 0 fully saturated rings. The summed E-state index contributed by atoms with van der Waals surface area (Å²) < 4.78 is 0. The average Bonchev–Trinajstić information content (AvgIpc) is 0.686. The van der Waals surface area contributed by atoms with Crippen LogP contribution in [0.5, 0.6) is 0 Å². The van der Waals surface area contributed by atoms with Crippen LogP contribution in [-0.2, 0) is 0 Å². The SMILES string of the molecule is c1ccc(-c2ccc(N(c3ccc(-c4ccccc4)cc3)c3cc4c5c(c3)N(c3c(-c6ccccc6)cc(-c6ccccc6)cc3-c3ccccc3)c3ccc(-c6ccccc6)cc3B5c3cc(-c5ccccc5)ccc3N4c3c(-c4ccccc4)cc(-c4ccccc4)cc3-c3ccccc3)cc2)cc1. The van der Waals surface area contributed by atoms with Crippen molar-refractivity contribution in [3.05, 3.63) is 425 Å². The van der Waals surface area contributed by atoms with Gasteiger partial charge in [0.25, 0.3) is 6.71 Å². The van der Waals surface area contributed by atoms with E-state index in [1.165, 1.54) is 16.4 Å². The molecule has 0 N–H and O–H groups in total. The Hall–Kier alpha value is -13.8. The molecule has 106 heavy (non-hydrogen) atoms. The fourth-order valence-electron chi connectivity index (χ4n) is 16.2. The normalized spacial score (nSPS) is 11.9. The zero-order valence-corrected chi connectivity index (χ0v) is 58.3. The summed E-state index contributed by atoms with van der Waals surface area (Å²) in [5.41, 5.74) is 35.7.